The van der Waals surface area contributed by atoms with Crippen molar-refractivity contribution in [1.82, 2.24) is 0 Å². The molecule has 0 amide bonds. The Morgan fingerprint density at radius 1 is 1.57 bits per heavy atom. The minimum atomic E-state index is 0. The van der Waals surface area contributed by atoms with Crippen LogP contribution in [-0.4, -0.2) is 24.9 Å². The zero-order valence-corrected chi connectivity index (χ0v) is 7.10. The molecule has 1 N–H and O–H groups in total. The van der Waals surface area contributed by atoms with E-state index in [1.54, 1.807) is 0 Å². The summed E-state index contributed by atoms with van der Waals surface area (Å²) in [7, 11) is 0. The molecule has 0 unspecified atom stereocenters. The van der Waals surface area contributed by atoms with Crippen LogP contribution in [0.4, 0.5) is 0 Å². The van der Waals surface area contributed by atoms with Gasteiger partial charge in [0.2, 0.25) is 0 Å². The van der Waals surface area contributed by atoms with Crippen molar-refractivity contribution in [3.8, 4) is 0 Å². The van der Waals surface area contributed by atoms with E-state index in [0.29, 0.717) is 13.2 Å². The molecule has 0 saturated carbocycles. The molecule has 0 aromatic carbocycles. The van der Waals surface area contributed by atoms with Crippen molar-refractivity contribution in [2.75, 3.05) is 19.8 Å². The summed E-state index contributed by atoms with van der Waals surface area (Å²) >= 11 is 0. The van der Waals surface area contributed by atoms with Gasteiger partial charge in [0.1, 0.15) is 0 Å². The van der Waals surface area contributed by atoms with Gasteiger partial charge in [-0.05, 0) is 0 Å². The fourth-order valence-corrected chi connectivity index (χ4v) is 0.167. The standard InChI is InChI=1S/C4H9O2.Y/c1-2-6-4-3-5;/h5H,1-4H2;/q-1;. The van der Waals surface area contributed by atoms with Crippen LogP contribution in [0.15, 0.2) is 0 Å². The molecule has 1 radical (unpaired) electrons. The van der Waals surface area contributed by atoms with Crippen molar-refractivity contribution in [3.63, 3.8) is 0 Å². The molecule has 0 aromatic heterocycles. The molecule has 0 aromatic rings. The van der Waals surface area contributed by atoms with E-state index in [9.17, 15) is 0 Å². The Morgan fingerprint density at radius 3 is 2.29 bits per heavy atom. The molecular formula is C4H9O2Y-. The van der Waals surface area contributed by atoms with E-state index in [2.05, 4.69) is 11.7 Å². The molecule has 2 nitrogen and oxygen atoms in total. The predicted molar refractivity (Wildman–Crippen MR) is 23.3 cm³/mol. The summed E-state index contributed by atoms with van der Waals surface area (Å²) in [6.07, 6.45) is 0. The summed E-state index contributed by atoms with van der Waals surface area (Å²) in [6, 6.07) is 0. The van der Waals surface area contributed by atoms with Crippen molar-refractivity contribution in [2.45, 2.75) is 0 Å². The Hall–Kier alpha value is 1.02. The molecule has 0 bridgehead atoms. The van der Waals surface area contributed by atoms with Gasteiger partial charge in [-0.15, -0.1) is 0 Å². The van der Waals surface area contributed by atoms with Crippen LogP contribution in [-0.2, 0) is 37.4 Å². The fourth-order valence-electron chi connectivity index (χ4n) is 0.167. The van der Waals surface area contributed by atoms with Gasteiger partial charge in [-0.1, -0.05) is 6.61 Å². The molecule has 41 valence electrons. The Kier molecular flexibility index (Phi) is 15.7. The molecule has 0 rings (SSSR count). The summed E-state index contributed by atoms with van der Waals surface area (Å²) in [4.78, 5) is 0. The maximum atomic E-state index is 8.04. The van der Waals surface area contributed by atoms with Crippen LogP contribution in [0.1, 0.15) is 0 Å². The summed E-state index contributed by atoms with van der Waals surface area (Å²) in [5, 5.41) is 8.04. The minimum absolute atomic E-state index is 0. The number of aliphatic hydroxyl groups excluding tert-OH is 1. The third-order valence-corrected chi connectivity index (χ3v) is 0.380. The summed E-state index contributed by atoms with van der Waals surface area (Å²) in [6.45, 7) is 4.33. The maximum absolute atomic E-state index is 8.04. The van der Waals surface area contributed by atoms with Crippen LogP contribution in [0.3, 0.4) is 0 Å². The summed E-state index contributed by atoms with van der Waals surface area (Å²) < 4.78 is 4.62. The second-order valence-corrected chi connectivity index (χ2v) is 0.836. The van der Waals surface area contributed by atoms with Crippen LogP contribution < -0.4 is 0 Å². The molecule has 3 heteroatoms. The van der Waals surface area contributed by atoms with Crippen LogP contribution in [0.5, 0.6) is 0 Å². The van der Waals surface area contributed by atoms with E-state index in [0.717, 1.165) is 0 Å². The Bertz CT molecular complexity index is 21.7. The van der Waals surface area contributed by atoms with Gasteiger partial charge in [-0.2, -0.15) is 0 Å². The maximum Gasteiger partial charge on any atom is 0.0664 e. The SMILES string of the molecule is [CH2-]COCCO.[Y]. The van der Waals surface area contributed by atoms with Gasteiger partial charge >= 0.3 is 0 Å². The quantitative estimate of drug-likeness (QED) is 0.480. The molecular weight excluding hydrogens is 169 g/mol. The molecule has 0 fully saturated rings. The number of rotatable bonds is 3. The van der Waals surface area contributed by atoms with E-state index in [4.69, 9.17) is 5.11 Å². The number of hydrogen-bond donors (Lipinski definition) is 1. The summed E-state index contributed by atoms with van der Waals surface area (Å²) in [5.74, 6) is 0. The van der Waals surface area contributed by atoms with E-state index in [-0.39, 0.29) is 39.3 Å². The van der Waals surface area contributed by atoms with Crippen LogP contribution in [0.25, 0.3) is 0 Å². The first-order chi connectivity index (χ1) is 2.91. The van der Waals surface area contributed by atoms with E-state index in [1.807, 2.05) is 0 Å². The van der Waals surface area contributed by atoms with E-state index < -0.39 is 0 Å². The minimum Gasteiger partial charge on any atom is -0.411 e. The van der Waals surface area contributed by atoms with Crippen LogP contribution in [0.2, 0.25) is 0 Å². The average molecular weight is 178 g/mol. The van der Waals surface area contributed by atoms with Crippen LogP contribution >= 0.6 is 0 Å². The number of ether oxygens (including phenoxy) is 1. The van der Waals surface area contributed by atoms with Gasteiger partial charge in [0.05, 0.1) is 13.2 Å². The van der Waals surface area contributed by atoms with Gasteiger partial charge < -0.3 is 16.8 Å². The molecule has 0 spiro atoms. The molecule has 0 heterocycles. The Morgan fingerprint density at radius 2 is 2.14 bits per heavy atom. The van der Waals surface area contributed by atoms with Gasteiger partial charge in [0, 0.05) is 32.7 Å². The van der Waals surface area contributed by atoms with E-state index in [1.165, 1.54) is 0 Å². The fraction of sp³-hybridized carbons (Fsp3) is 0.750. The molecule has 0 aliphatic rings. The first-order valence-corrected chi connectivity index (χ1v) is 1.89. The first-order valence-electron chi connectivity index (χ1n) is 1.89. The largest absolute Gasteiger partial charge is 0.411 e. The van der Waals surface area contributed by atoms with Gasteiger partial charge in [-0.25, -0.2) is 0 Å². The normalized spacial score (nSPS) is 7.71. The van der Waals surface area contributed by atoms with Crippen molar-refractivity contribution in [2.24, 2.45) is 0 Å². The zero-order valence-electron chi connectivity index (χ0n) is 4.26. The van der Waals surface area contributed by atoms with Crippen molar-refractivity contribution >= 4 is 0 Å². The van der Waals surface area contributed by atoms with Crippen molar-refractivity contribution in [1.29, 1.82) is 0 Å². The van der Waals surface area contributed by atoms with Crippen molar-refractivity contribution in [3.05, 3.63) is 6.92 Å². The molecule has 0 saturated heterocycles. The molecule has 0 aliphatic carbocycles. The second-order valence-electron chi connectivity index (χ2n) is 0.836. The zero-order chi connectivity index (χ0) is 4.83. The Labute approximate surface area is 69.1 Å². The predicted octanol–water partition coefficient (Wildman–Crippen LogP) is -0.173. The Balaban J connectivity index is 0. The van der Waals surface area contributed by atoms with Gasteiger partial charge in [-0.3, -0.25) is 0 Å². The number of aliphatic hydroxyl groups is 1. The topological polar surface area (TPSA) is 29.5 Å². The van der Waals surface area contributed by atoms with E-state index >= 15 is 0 Å². The van der Waals surface area contributed by atoms with Crippen LogP contribution in [0, 0.1) is 6.92 Å². The monoisotopic (exact) mass is 178 g/mol. The number of hydrogen-bond acceptors (Lipinski definition) is 2. The smallest absolute Gasteiger partial charge is 0.0664 e. The molecule has 0 atom stereocenters. The third-order valence-electron chi connectivity index (χ3n) is 0.380. The first kappa shape index (κ1) is 10.9. The molecule has 7 heavy (non-hydrogen) atoms. The van der Waals surface area contributed by atoms with Gasteiger partial charge in [0.25, 0.3) is 0 Å². The van der Waals surface area contributed by atoms with Gasteiger partial charge in [0.15, 0.2) is 0 Å². The summed E-state index contributed by atoms with van der Waals surface area (Å²) in [5.41, 5.74) is 0. The molecule has 0 aliphatic heterocycles. The van der Waals surface area contributed by atoms with Crippen molar-refractivity contribution < 1.29 is 42.6 Å². The average Bonchev–Trinajstić information content (AvgIpc) is 1.61. The second kappa shape index (κ2) is 10.1. The third kappa shape index (κ3) is 10.9.